The maximum atomic E-state index is 11.4. The van der Waals surface area contributed by atoms with Crippen molar-refractivity contribution in [1.29, 1.82) is 0 Å². The minimum atomic E-state index is 0.0595. The van der Waals surface area contributed by atoms with Gasteiger partial charge in [0.2, 0.25) is 0 Å². The van der Waals surface area contributed by atoms with Gasteiger partial charge in [-0.1, -0.05) is 0 Å². The monoisotopic (exact) mass is 188 g/mol. The van der Waals surface area contributed by atoms with Crippen LogP contribution >= 0.6 is 0 Å². The summed E-state index contributed by atoms with van der Waals surface area (Å²) in [5.41, 5.74) is 3.44. The van der Waals surface area contributed by atoms with E-state index in [0.29, 0.717) is 5.56 Å². The van der Waals surface area contributed by atoms with E-state index in [9.17, 15) is 4.79 Å². The molecule has 14 heavy (non-hydrogen) atoms. The summed E-state index contributed by atoms with van der Waals surface area (Å²) < 4.78 is 1.90. The first-order valence-electron chi connectivity index (χ1n) is 4.55. The maximum absolute atomic E-state index is 11.4. The fourth-order valence-electron chi connectivity index (χ4n) is 1.62. The van der Waals surface area contributed by atoms with Gasteiger partial charge in [-0.25, -0.2) is 4.98 Å². The van der Waals surface area contributed by atoms with E-state index in [4.69, 9.17) is 0 Å². The summed E-state index contributed by atoms with van der Waals surface area (Å²) in [6.45, 7) is 5.46. The zero-order valence-corrected chi connectivity index (χ0v) is 8.53. The summed E-state index contributed by atoms with van der Waals surface area (Å²) in [7, 11) is 0. The summed E-state index contributed by atoms with van der Waals surface area (Å²) in [5.74, 6) is 0.0595. The second-order valence-electron chi connectivity index (χ2n) is 3.60. The highest BCUT2D eigenvalue weighted by molar-refractivity contribution is 5.99. The van der Waals surface area contributed by atoms with Gasteiger partial charge in [0, 0.05) is 12.4 Å². The number of carbonyl (C=O) groups is 1. The lowest BCUT2D eigenvalue weighted by Crippen LogP contribution is -1.98. The number of hydrogen-bond acceptors (Lipinski definition) is 2. The number of aryl methyl sites for hydroxylation is 2. The van der Waals surface area contributed by atoms with Crippen LogP contribution in [0.2, 0.25) is 0 Å². The van der Waals surface area contributed by atoms with E-state index in [1.54, 1.807) is 6.92 Å². The molecule has 0 saturated carbocycles. The molecule has 0 spiro atoms. The molecular weight excluding hydrogens is 176 g/mol. The Morgan fingerprint density at radius 1 is 1.36 bits per heavy atom. The molecule has 0 saturated heterocycles. The van der Waals surface area contributed by atoms with E-state index < -0.39 is 0 Å². The minimum absolute atomic E-state index is 0.0595. The first kappa shape index (κ1) is 8.94. The summed E-state index contributed by atoms with van der Waals surface area (Å²) >= 11 is 0. The highest BCUT2D eigenvalue weighted by Gasteiger charge is 2.08. The van der Waals surface area contributed by atoms with Gasteiger partial charge in [0.15, 0.2) is 5.78 Å². The highest BCUT2D eigenvalue weighted by atomic mass is 16.1. The fourth-order valence-corrected chi connectivity index (χ4v) is 1.62. The van der Waals surface area contributed by atoms with Crippen LogP contribution in [0.3, 0.4) is 0 Å². The van der Waals surface area contributed by atoms with Gasteiger partial charge in [-0.05, 0) is 32.4 Å². The molecule has 3 heteroatoms. The number of aromatic nitrogens is 2. The van der Waals surface area contributed by atoms with Crippen LogP contribution < -0.4 is 0 Å². The van der Waals surface area contributed by atoms with Crippen molar-refractivity contribution in [3.05, 3.63) is 35.3 Å². The fraction of sp³-hybridized carbons (Fsp3) is 0.273. The lowest BCUT2D eigenvalue weighted by atomic mass is 10.1. The second kappa shape index (κ2) is 2.94. The number of imidazole rings is 1. The number of carbonyl (C=O) groups excluding carboxylic acids is 1. The first-order valence-corrected chi connectivity index (χ1v) is 4.55. The van der Waals surface area contributed by atoms with Crippen LogP contribution in [-0.2, 0) is 0 Å². The molecule has 0 bridgehead atoms. The molecule has 0 aliphatic rings. The third-order valence-electron chi connectivity index (χ3n) is 2.19. The third kappa shape index (κ3) is 1.31. The van der Waals surface area contributed by atoms with E-state index in [0.717, 1.165) is 16.9 Å². The number of hydrogen-bond donors (Lipinski definition) is 0. The minimum Gasteiger partial charge on any atom is -0.306 e. The Kier molecular flexibility index (Phi) is 1.88. The zero-order chi connectivity index (χ0) is 10.3. The number of ketones is 1. The Labute approximate surface area is 82.4 Å². The lowest BCUT2D eigenvalue weighted by molar-refractivity contribution is 0.101. The van der Waals surface area contributed by atoms with Crippen LogP contribution in [0.4, 0.5) is 0 Å². The van der Waals surface area contributed by atoms with Crippen molar-refractivity contribution >= 4 is 11.4 Å². The summed E-state index contributed by atoms with van der Waals surface area (Å²) in [4.78, 5) is 15.7. The predicted molar refractivity (Wildman–Crippen MR) is 54.7 cm³/mol. The van der Waals surface area contributed by atoms with Crippen LogP contribution in [0.5, 0.6) is 0 Å². The Morgan fingerprint density at radius 2 is 2.07 bits per heavy atom. The molecule has 2 aromatic rings. The Hall–Kier alpha value is -1.64. The van der Waals surface area contributed by atoms with Gasteiger partial charge in [-0.2, -0.15) is 0 Å². The highest BCUT2D eigenvalue weighted by Crippen LogP contribution is 2.13. The van der Waals surface area contributed by atoms with Gasteiger partial charge in [-0.3, -0.25) is 4.79 Å². The molecule has 0 radical (unpaired) electrons. The van der Waals surface area contributed by atoms with Crippen LogP contribution in [0.1, 0.15) is 28.5 Å². The first-order chi connectivity index (χ1) is 6.58. The molecule has 72 valence electrons. The molecule has 0 N–H and O–H groups in total. The average molecular weight is 188 g/mol. The van der Waals surface area contributed by atoms with Crippen molar-refractivity contribution < 1.29 is 4.79 Å². The molecule has 0 aliphatic heterocycles. The summed E-state index contributed by atoms with van der Waals surface area (Å²) in [6, 6.07) is 1.88. The SMILES string of the molecule is CC(=O)c1cc(C)cn2cc(C)nc12. The molecule has 0 amide bonds. The van der Waals surface area contributed by atoms with Crippen molar-refractivity contribution in [2.24, 2.45) is 0 Å². The van der Waals surface area contributed by atoms with E-state index >= 15 is 0 Å². The van der Waals surface area contributed by atoms with Crippen LogP contribution in [0.25, 0.3) is 5.65 Å². The average Bonchev–Trinajstić information content (AvgIpc) is 2.42. The quantitative estimate of drug-likeness (QED) is 0.642. The van der Waals surface area contributed by atoms with Crippen molar-refractivity contribution in [1.82, 2.24) is 9.38 Å². The predicted octanol–water partition coefficient (Wildman–Crippen LogP) is 2.15. The standard InChI is InChI=1S/C11H12N2O/c1-7-4-10(9(3)14)11-12-8(2)6-13(11)5-7/h4-6H,1-3H3. The molecule has 2 aromatic heterocycles. The van der Waals surface area contributed by atoms with E-state index in [-0.39, 0.29) is 5.78 Å². The van der Waals surface area contributed by atoms with Crippen molar-refractivity contribution in [2.45, 2.75) is 20.8 Å². The molecule has 0 unspecified atom stereocenters. The van der Waals surface area contributed by atoms with Crippen LogP contribution in [0, 0.1) is 13.8 Å². The third-order valence-corrected chi connectivity index (χ3v) is 2.19. The number of nitrogens with zero attached hydrogens (tertiary/aromatic N) is 2. The number of pyridine rings is 1. The molecule has 2 heterocycles. The topological polar surface area (TPSA) is 34.4 Å². The lowest BCUT2D eigenvalue weighted by Gasteiger charge is -2.01. The molecule has 0 atom stereocenters. The Balaban J connectivity index is 2.85. The van der Waals surface area contributed by atoms with Crippen LogP contribution in [0.15, 0.2) is 18.5 Å². The molecule has 0 fully saturated rings. The maximum Gasteiger partial charge on any atom is 0.163 e. The smallest absolute Gasteiger partial charge is 0.163 e. The van der Waals surface area contributed by atoms with Gasteiger partial charge < -0.3 is 4.40 Å². The molecule has 0 aromatic carbocycles. The number of fused-ring (bicyclic) bond motifs is 1. The molecule has 3 nitrogen and oxygen atoms in total. The molecule has 0 aliphatic carbocycles. The molecule has 2 rings (SSSR count). The zero-order valence-electron chi connectivity index (χ0n) is 8.53. The van der Waals surface area contributed by atoms with Gasteiger partial charge >= 0.3 is 0 Å². The van der Waals surface area contributed by atoms with Gasteiger partial charge in [-0.15, -0.1) is 0 Å². The summed E-state index contributed by atoms with van der Waals surface area (Å²) in [6.07, 6.45) is 3.90. The normalized spacial score (nSPS) is 10.8. The van der Waals surface area contributed by atoms with Gasteiger partial charge in [0.1, 0.15) is 5.65 Å². The Bertz CT molecular complexity index is 511. The largest absolute Gasteiger partial charge is 0.306 e. The van der Waals surface area contributed by atoms with Crippen molar-refractivity contribution in [3.8, 4) is 0 Å². The van der Waals surface area contributed by atoms with Crippen molar-refractivity contribution in [3.63, 3.8) is 0 Å². The number of Topliss-reactive ketones (excluding diaryl/α,β-unsaturated/α-hetero) is 1. The second-order valence-corrected chi connectivity index (χ2v) is 3.60. The Morgan fingerprint density at radius 3 is 2.71 bits per heavy atom. The van der Waals surface area contributed by atoms with Crippen molar-refractivity contribution in [2.75, 3.05) is 0 Å². The van der Waals surface area contributed by atoms with E-state index in [1.807, 2.05) is 36.7 Å². The van der Waals surface area contributed by atoms with Gasteiger partial charge in [0.05, 0.1) is 11.3 Å². The van der Waals surface area contributed by atoms with Crippen LogP contribution in [-0.4, -0.2) is 15.2 Å². The summed E-state index contributed by atoms with van der Waals surface area (Å²) in [5, 5.41) is 0. The molecular formula is C11H12N2O. The van der Waals surface area contributed by atoms with Gasteiger partial charge in [0.25, 0.3) is 0 Å². The van der Waals surface area contributed by atoms with E-state index in [2.05, 4.69) is 4.98 Å². The number of rotatable bonds is 1. The van der Waals surface area contributed by atoms with E-state index in [1.165, 1.54) is 0 Å².